The molecule has 0 aliphatic rings. The molecular weight excluding hydrogens is 120 g/mol. The third-order valence-corrected chi connectivity index (χ3v) is 1.60. The molecule has 2 radical (unpaired) electrons. The SMILES string of the molecule is CCc1[c]c(CC)c[c]c1. The van der Waals surface area contributed by atoms with Gasteiger partial charge in [0.25, 0.3) is 0 Å². The molecule has 0 spiro atoms. The predicted molar refractivity (Wildman–Crippen MR) is 42.9 cm³/mol. The highest BCUT2D eigenvalue weighted by Crippen LogP contribution is 2.03. The van der Waals surface area contributed by atoms with E-state index >= 15 is 0 Å². The molecule has 0 nitrogen and oxygen atoms in total. The number of aryl methyl sites for hydroxylation is 2. The van der Waals surface area contributed by atoms with Crippen molar-refractivity contribution >= 4 is 0 Å². The van der Waals surface area contributed by atoms with Crippen LogP contribution in [-0.4, -0.2) is 0 Å². The number of hydrogen-bond donors (Lipinski definition) is 0. The molecule has 0 saturated heterocycles. The van der Waals surface area contributed by atoms with Gasteiger partial charge < -0.3 is 0 Å². The Kier molecular flexibility index (Phi) is 2.49. The van der Waals surface area contributed by atoms with Crippen LogP contribution in [0.4, 0.5) is 0 Å². The Morgan fingerprint density at radius 1 is 1.10 bits per heavy atom. The van der Waals surface area contributed by atoms with Gasteiger partial charge in [0.05, 0.1) is 0 Å². The molecule has 0 amide bonds. The van der Waals surface area contributed by atoms with Crippen molar-refractivity contribution in [3.8, 4) is 0 Å². The molecule has 0 aliphatic carbocycles. The van der Waals surface area contributed by atoms with Crippen LogP contribution in [0.3, 0.4) is 0 Å². The molecule has 0 atom stereocenters. The van der Waals surface area contributed by atoms with E-state index in [1.807, 2.05) is 12.1 Å². The summed E-state index contributed by atoms with van der Waals surface area (Å²) in [5.41, 5.74) is 2.53. The van der Waals surface area contributed by atoms with E-state index in [0.29, 0.717) is 0 Å². The van der Waals surface area contributed by atoms with Gasteiger partial charge in [-0.05, 0) is 36.1 Å². The van der Waals surface area contributed by atoms with Crippen LogP contribution in [0.25, 0.3) is 0 Å². The summed E-state index contributed by atoms with van der Waals surface area (Å²) >= 11 is 0. The lowest BCUT2D eigenvalue weighted by atomic mass is 10.1. The van der Waals surface area contributed by atoms with Crippen molar-refractivity contribution in [3.05, 3.63) is 35.4 Å². The summed E-state index contributed by atoms with van der Waals surface area (Å²) < 4.78 is 0. The van der Waals surface area contributed by atoms with Gasteiger partial charge in [-0.25, -0.2) is 0 Å². The quantitative estimate of drug-likeness (QED) is 0.579. The number of rotatable bonds is 2. The van der Waals surface area contributed by atoms with Gasteiger partial charge >= 0.3 is 0 Å². The summed E-state index contributed by atoms with van der Waals surface area (Å²) in [6.45, 7) is 4.28. The van der Waals surface area contributed by atoms with Crippen LogP contribution < -0.4 is 0 Å². The topological polar surface area (TPSA) is 0 Å². The molecule has 1 aromatic rings. The fourth-order valence-corrected chi connectivity index (χ4v) is 0.902. The summed E-state index contributed by atoms with van der Waals surface area (Å²) in [4.78, 5) is 0. The standard InChI is InChI=1S/C10H12/c1-3-9-6-5-7-10(4-2)8-9/h6-7H,3-4H2,1-2H3. The van der Waals surface area contributed by atoms with Crippen LogP contribution in [0.1, 0.15) is 25.0 Å². The first-order valence-electron chi connectivity index (χ1n) is 3.78. The Morgan fingerprint density at radius 2 is 1.60 bits per heavy atom. The molecule has 10 heavy (non-hydrogen) atoms. The van der Waals surface area contributed by atoms with E-state index in [9.17, 15) is 0 Å². The van der Waals surface area contributed by atoms with E-state index in [2.05, 4.69) is 26.0 Å². The number of hydrogen-bond acceptors (Lipinski definition) is 0. The highest BCUT2D eigenvalue weighted by Gasteiger charge is 1.90. The van der Waals surface area contributed by atoms with Crippen LogP contribution >= 0.6 is 0 Å². The van der Waals surface area contributed by atoms with Crippen molar-refractivity contribution in [1.29, 1.82) is 0 Å². The van der Waals surface area contributed by atoms with Crippen molar-refractivity contribution in [1.82, 2.24) is 0 Å². The van der Waals surface area contributed by atoms with Gasteiger partial charge in [-0.3, -0.25) is 0 Å². The predicted octanol–water partition coefficient (Wildman–Crippen LogP) is 2.41. The minimum atomic E-state index is 1.06. The van der Waals surface area contributed by atoms with Gasteiger partial charge in [0.15, 0.2) is 0 Å². The minimum Gasteiger partial charge on any atom is -0.0613 e. The summed E-state index contributed by atoms with van der Waals surface area (Å²) in [6, 6.07) is 10.4. The van der Waals surface area contributed by atoms with Crippen LogP contribution in [-0.2, 0) is 12.8 Å². The van der Waals surface area contributed by atoms with Gasteiger partial charge in [-0.1, -0.05) is 26.0 Å². The van der Waals surface area contributed by atoms with Gasteiger partial charge in [0.2, 0.25) is 0 Å². The Labute approximate surface area is 62.9 Å². The van der Waals surface area contributed by atoms with Crippen molar-refractivity contribution in [3.63, 3.8) is 0 Å². The molecule has 0 saturated carbocycles. The molecule has 0 heterocycles. The molecule has 1 rings (SSSR count). The highest BCUT2D eigenvalue weighted by atomic mass is 13.9. The number of benzene rings is 1. The first-order chi connectivity index (χ1) is 4.86. The summed E-state index contributed by atoms with van der Waals surface area (Å²) in [5.74, 6) is 0. The first-order valence-corrected chi connectivity index (χ1v) is 3.78. The molecule has 1 aromatic carbocycles. The Hall–Kier alpha value is -0.780. The lowest BCUT2D eigenvalue weighted by Gasteiger charge is -1.97. The largest absolute Gasteiger partial charge is 0.0613 e. The summed E-state index contributed by atoms with van der Waals surface area (Å²) in [5, 5.41) is 0. The first kappa shape index (κ1) is 7.33. The highest BCUT2D eigenvalue weighted by molar-refractivity contribution is 5.20. The minimum absolute atomic E-state index is 1.06. The van der Waals surface area contributed by atoms with Crippen molar-refractivity contribution in [2.75, 3.05) is 0 Å². The van der Waals surface area contributed by atoms with Crippen LogP contribution in [0.15, 0.2) is 12.1 Å². The lowest BCUT2D eigenvalue weighted by Crippen LogP contribution is -1.84. The monoisotopic (exact) mass is 132 g/mol. The van der Waals surface area contributed by atoms with Crippen LogP contribution in [0, 0.1) is 12.1 Å². The molecule has 0 aromatic heterocycles. The third kappa shape index (κ3) is 1.60. The maximum atomic E-state index is 3.31. The normalized spacial score (nSPS) is 9.80. The fraction of sp³-hybridized carbons (Fsp3) is 0.400. The maximum Gasteiger partial charge on any atom is -0.0114 e. The van der Waals surface area contributed by atoms with E-state index in [4.69, 9.17) is 0 Å². The fourth-order valence-electron chi connectivity index (χ4n) is 0.902. The van der Waals surface area contributed by atoms with Crippen LogP contribution in [0.5, 0.6) is 0 Å². The third-order valence-electron chi connectivity index (χ3n) is 1.60. The molecule has 0 N–H and O–H groups in total. The Morgan fingerprint density at radius 3 is 2.00 bits per heavy atom. The molecule has 0 bridgehead atoms. The van der Waals surface area contributed by atoms with E-state index in [1.165, 1.54) is 11.1 Å². The molecule has 0 aliphatic heterocycles. The van der Waals surface area contributed by atoms with Gasteiger partial charge in [-0.2, -0.15) is 0 Å². The molecular formula is C10H12. The van der Waals surface area contributed by atoms with Crippen molar-refractivity contribution < 1.29 is 0 Å². The Balaban J connectivity index is 2.87. The summed E-state index contributed by atoms with van der Waals surface area (Å²) in [7, 11) is 0. The second-order valence-electron chi connectivity index (χ2n) is 2.34. The smallest absolute Gasteiger partial charge is 0.0114 e. The zero-order chi connectivity index (χ0) is 7.40. The van der Waals surface area contributed by atoms with E-state index in [0.717, 1.165) is 12.8 Å². The second kappa shape index (κ2) is 3.40. The zero-order valence-electron chi connectivity index (χ0n) is 6.57. The van der Waals surface area contributed by atoms with E-state index < -0.39 is 0 Å². The molecule has 0 heteroatoms. The lowest BCUT2D eigenvalue weighted by molar-refractivity contribution is 1.08. The summed E-state index contributed by atoms with van der Waals surface area (Å²) in [6.07, 6.45) is 2.12. The van der Waals surface area contributed by atoms with Gasteiger partial charge in [0.1, 0.15) is 0 Å². The average molecular weight is 132 g/mol. The van der Waals surface area contributed by atoms with E-state index in [1.54, 1.807) is 0 Å². The van der Waals surface area contributed by atoms with Crippen molar-refractivity contribution in [2.45, 2.75) is 26.7 Å². The van der Waals surface area contributed by atoms with Gasteiger partial charge in [0, 0.05) is 0 Å². The maximum absolute atomic E-state index is 3.31. The van der Waals surface area contributed by atoms with E-state index in [-0.39, 0.29) is 0 Å². The van der Waals surface area contributed by atoms with Gasteiger partial charge in [-0.15, -0.1) is 0 Å². The second-order valence-corrected chi connectivity index (χ2v) is 2.34. The average Bonchev–Trinajstić information content (AvgIpc) is 2.05. The Bertz CT molecular complexity index is 182. The van der Waals surface area contributed by atoms with Crippen molar-refractivity contribution in [2.24, 2.45) is 0 Å². The van der Waals surface area contributed by atoms with Crippen LogP contribution in [0.2, 0.25) is 0 Å². The molecule has 0 fully saturated rings. The zero-order valence-corrected chi connectivity index (χ0v) is 6.57. The molecule has 0 unspecified atom stereocenters. The molecule has 52 valence electrons.